The number of para-hydroxylation sites is 1. The van der Waals surface area contributed by atoms with Gasteiger partial charge in [-0.25, -0.2) is 14.4 Å². The Morgan fingerprint density at radius 3 is 2.48 bits per heavy atom. The van der Waals surface area contributed by atoms with Crippen molar-refractivity contribution >= 4 is 29.6 Å². The fourth-order valence-electron chi connectivity index (χ4n) is 1.60. The third kappa shape index (κ3) is 5.65. The van der Waals surface area contributed by atoms with E-state index in [-0.39, 0.29) is 11.3 Å². The first-order chi connectivity index (χ1) is 10.8. The van der Waals surface area contributed by atoms with Crippen molar-refractivity contribution in [2.45, 2.75) is 13.0 Å². The molecule has 0 fully saturated rings. The highest BCUT2D eigenvalue weighted by Crippen LogP contribution is 2.15. The van der Waals surface area contributed by atoms with Gasteiger partial charge in [0, 0.05) is 0 Å². The van der Waals surface area contributed by atoms with Gasteiger partial charge in [0.05, 0.1) is 18.4 Å². The summed E-state index contributed by atoms with van der Waals surface area (Å²) in [5.41, 5.74) is 5.26. The van der Waals surface area contributed by atoms with E-state index in [1.54, 1.807) is 12.1 Å². The molecule has 23 heavy (non-hydrogen) atoms. The Bertz CT molecular complexity index is 616. The molecular formula is C14H17N3O6. The minimum Gasteiger partial charge on any atom is -0.465 e. The van der Waals surface area contributed by atoms with E-state index in [1.165, 1.54) is 26.2 Å². The predicted molar refractivity (Wildman–Crippen MR) is 79.6 cm³/mol. The molecule has 0 bridgehead atoms. The largest absolute Gasteiger partial charge is 0.465 e. The lowest BCUT2D eigenvalue weighted by Crippen LogP contribution is -2.43. The number of esters is 2. The molecule has 9 heteroatoms. The van der Waals surface area contributed by atoms with Crippen molar-refractivity contribution in [3.8, 4) is 0 Å². The highest BCUT2D eigenvalue weighted by molar-refractivity contribution is 6.01. The van der Waals surface area contributed by atoms with Crippen LogP contribution in [0.5, 0.6) is 0 Å². The molecule has 0 aliphatic carbocycles. The Balaban J connectivity index is 2.60. The first-order valence-electron chi connectivity index (χ1n) is 6.55. The van der Waals surface area contributed by atoms with Crippen LogP contribution >= 0.6 is 0 Å². The molecule has 0 aliphatic rings. The second-order valence-electron chi connectivity index (χ2n) is 4.42. The van der Waals surface area contributed by atoms with Crippen molar-refractivity contribution in [2.24, 2.45) is 5.73 Å². The molecule has 0 unspecified atom stereocenters. The van der Waals surface area contributed by atoms with E-state index in [0.717, 1.165) is 0 Å². The zero-order chi connectivity index (χ0) is 17.4. The molecule has 1 aromatic carbocycles. The maximum atomic E-state index is 11.8. The molecule has 124 valence electrons. The van der Waals surface area contributed by atoms with Crippen LogP contribution in [0.15, 0.2) is 24.3 Å². The van der Waals surface area contributed by atoms with Crippen LogP contribution in [-0.4, -0.2) is 43.6 Å². The van der Waals surface area contributed by atoms with Gasteiger partial charge >= 0.3 is 18.0 Å². The standard InChI is InChI=1S/C14H17N3O6/c1-8(16-14(15)21)12(19)23-7-11(18)17-10-6-4-3-5-9(10)13(20)22-2/h3-6,8H,7H2,1-2H3,(H,17,18)(H3,15,16,21)/t8-/m0/s1. The number of hydrogen-bond acceptors (Lipinski definition) is 6. The van der Waals surface area contributed by atoms with Gasteiger partial charge in [0.1, 0.15) is 6.04 Å². The van der Waals surface area contributed by atoms with Crippen LogP contribution in [0, 0.1) is 0 Å². The van der Waals surface area contributed by atoms with Gasteiger partial charge in [0.2, 0.25) is 0 Å². The van der Waals surface area contributed by atoms with E-state index in [0.29, 0.717) is 0 Å². The fourth-order valence-corrected chi connectivity index (χ4v) is 1.60. The summed E-state index contributed by atoms with van der Waals surface area (Å²) in [6, 6.07) is 4.34. The van der Waals surface area contributed by atoms with Crippen molar-refractivity contribution in [1.29, 1.82) is 0 Å². The van der Waals surface area contributed by atoms with Gasteiger partial charge in [-0.2, -0.15) is 0 Å². The first kappa shape index (κ1) is 18.0. The van der Waals surface area contributed by atoms with Gasteiger partial charge in [-0.3, -0.25) is 4.79 Å². The topological polar surface area (TPSA) is 137 Å². The van der Waals surface area contributed by atoms with Crippen LogP contribution in [0.3, 0.4) is 0 Å². The van der Waals surface area contributed by atoms with E-state index in [4.69, 9.17) is 10.5 Å². The summed E-state index contributed by atoms with van der Waals surface area (Å²) < 4.78 is 9.33. The monoisotopic (exact) mass is 323 g/mol. The molecule has 4 N–H and O–H groups in total. The minimum absolute atomic E-state index is 0.165. The molecule has 0 saturated carbocycles. The molecule has 0 aromatic heterocycles. The third-order valence-electron chi connectivity index (χ3n) is 2.66. The van der Waals surface area contributed by atoms with Crippen LogP contribution in [0.1, 0.15) is 17.3 Å². The number of carbonyl (C=O) groups is 4. The highest BCUT2D eigenvalue weighted by Gasteiger charge is 2.18. The van der Waals surface area contributed by atoms with Crippen LogP contribution in [-0.2, 0) is 19.1 Å². The third-order valence-corrected chi connectivity index (χ3v) is 2.66. The molecule has 1 aromatic rings. The first-order valence-corrected chi connectivity index (χ1v) is 6.55. The lowest BCUT2D eigenvalue weighted by atomic mass is 10.2. The van der Waals surface area contributed by atoms with Gasteiger partial charge in [0.15, 0.2) is 6.61 Å². The number of hydrogen-bond donors (Lipinski definition) is 3. The number of amides is 3. The number of urea groups is 1. The van der Waals surface area contributed by atoms with Gasteiger partial charge in [-0.05, 0) is 19.1 Å². The molecule has 0 saturated heterocycles. The molecule has 9 nitrogen and oxygen atoms in total. The molecule has 0 spiro atoms. The van der Waals surface area contributed by atoms with Crippen molar-refractivity contribution in [3.05, 3.63) is 29.8 Å². The Labute approximate surface area is 132 Å². The Hall–Kier alpha value is -3.10. The Morgan fingerprint density at radius 1 is 1.22 bits per heavy atom. The molecule has 3 amide bonds. The Kier molecular flexibility index (Phi) is 6.53. The molecular weight excluding hydrogens is 306 g/mol. The average molecular weight is 323 g/mol. The number of ether oxygens (including phenoxy) is 2. The van der Waals surface area contributed by atoms with Crippen LogP contribution in [0.25, 0.3) is 0 Å². The number of rotatable bonds is 6. The van der Waals surface area contributed by atoms with Crippen molar-refractivity contribution in [1.82, 2.24) is 5.32 Å². The second-order valence-corrected chi connectivity index (χ2v) is 4.42. The summed E-state index contributed by atoms with van der Waals surface area (Å²) in [5, 5.41) is 4.55. The summed E-state index contributed by atoms with van der Waals surface area (Å²) in [5.74, 6) is -2.08. The average Bonchev–Trinajstić information content (AvgIpc) is 2.51. The van der Waals surface area contributed by atoms with Gasteiger partial charge < -0.3 is 25.8 Å². The van der Waals surface area contributed by atoms with Gasteiger partial charge in [0.25, 0.3) is 5.91 Å². The normalized spacial score (nSPS) is 11.0. The van der Waals surface area contributed by atoms with E-state index in [2.05, 4.69) is 15.4 Å². The summed E-state index contributed by atoms with van der Waals surface area (Å²) in [4.78, 5) is 45.4. The number of nitrogens with two attached hydrogens (primary N) is 1. The lowest BCUT2D eigenvalue weighted by Gasteiger charge is -2.12. The summed E-state index contributed by atoms with van der Waals surface area (Å²) in [7, 11) is 1.22. The maximum absolute atomic E-state index is 11.8. The second kappa shape index (κ2) is 8.37. The zero-order valence-corrected chi connectivity index (χ0v) is 12.6. The number of nitrogens with one attached hydrogen (secondary N) is 2. The summed E-state index contributed by atoms with van der Waals surface area (Å²) in [6.07, 6.45) is 0. The van der Waals surface area contributed by atoms with E-state index in [1.807, 2.05) is 0 Å². The fraction of sp³-hybridized carbons (Fsp3) is 0.286. The number of primary amides is 1. The smallest absolute Gasteiger partial charge is 0.339 e. The van der Waals surface area contributed by atoms with Crippen LogP contribution in [0.2, 0.25) is 0 Å². The van der Waals surface area contributed by atoms with Crippen molar-refractivity contribution < 1.29 is 28.7 Å². The van der Waals surface area contributed by atoms with E-state index < -0.39 is 36.5 Å². The molecule has 0 aliphatic heterocycles. The summed E-state index contributed by atoms with van der Waals surface area (Å²) in [6.45, 7) is 0.774. The van der Waals surface area contributed by atoms with Gasteiger partial charge in [-0.1, -0.05) is 12.1 Å². The number of methoxy groups -OCH3 is 1. The molecule has 1 rings (SSSR count). The van der Waals surface area contributed by atoms with Gasteiger partial charge in [-0.15, -0.1) is 0 Å². The minimum atomic E-state index is -0.984. The Morgan fingerprint density at radius 2 is 1.87 bits per heavy atom. The van der Waals surface area contributed by atoms with Crippen molar-refractivity contribution in [3.63, 3.8) is 0 Å². The quantitative estimate of drug-likeness (QED) is 0.631. The predicted octanol–water partition coefficient (Wildman–Crippen LogP) is 0.0117. The van der Waals surface area contributed by atoms with Crippen LogP contribution < -0.4 is 16.4 Å². The number of anilines is 1. The number of benzene rings is 1. The lowest BCUT2D eigenvalue weighted by molar-refractivity contribution is -0.148. The van der Waals surface area contributed by atoms with E-state index >= 15 is 0 Å². The zero-order valence-electron chi connectivity index (χ0n) is 12.6. The van der Waals surface area contributed by atoms with E-state index in [9.17, 15) is 19.2 Å². The molecule has 0 heterocycles. The van der Waals surface area contributed by atoms with Crippen molar-refractivity contribution in [2.75, 3.05) is 19.0 Å². The highest BCUT2D eigenvalue weighted by atomic mass is 16.5. The molecule has 0 radical (unpaired) electrons. The molecule has 1 atom stereocenters. The maximum Gasteiger partial charge on any atom is 0.339 e. The van der Waals surface area contributed by atoms with Crippen LogP contribution in [0.4, 0.5) is 10.5 Å². The summed E-state index contributed by atoms with van der Waals surface area (Å²) >= 11 is 0. The SMILES string of the molecule is COC(=O)c1ccccc1NC(=O)COC(=O)[C@H](C)NC(N)=O. The number of carbonyl (C=O) groups excluding carboxylic acids is 4.